The van der Waals surface area contributed by atoms with Gasteiger partial charge in [0.15, 0.2) is 6.26 Å². The number of unbranched alkanes of at least 4 members (excludes halogenated alkanes) is 14. The van der Waals surface area contributed by atoms with Crippen molar-refractivity contribution in [3.8, 4) is 0 Å². The second kappa shape index (κ2) is 17.5. The maximum absolute atomic E-state index is 8.36. The van der Waals surface area contributed by atoms with Gasteiger partial charge in [-0.2, -0.15) is 0 Å². The summed E-state index contributed by atoms with van der Waals surface area (Å²) in [6.07, 6.45) is 24.4. The molecule has 0 aromatic rings. The van der Waals surface area contributed by atoms with Crippen molar-refractivity contribution in [2.24, 2.45) is 0 Å². The van der Waals surface area contributed by atoms with Gasteiger partial charge in [-0.1, -0.05) is 90.4 Å². The molecule has 0 spiro atoms. The average molecular weight is 267 g/mol. The third kappa shape index (κ3) is 17.5. The molecule has 0 aromatic carbocycles. The molecule has 0 unspecified atom stereocenters. The highest BCUT2D eigenvalue weighted by Crippen LogP contribution is 2.13. The smallest absolute Gasteiger partial charge is 0.152 e. The molecule has 1 N–H and O–H groups in total. The Labute approximate surface area is 121 Å². The highest BCUT2D eigenvalue weighted by molar-refractivity contribution is 4.65. The molecule has 0 aliphatic rings. The van der Waals surface area contributed by atoms with Crippen LogP contribution in [0.25, 0.3) is 0 Å². The van der Waals surface area contributed by atoms with Gasteiger partial charge < -0.3 is 5.11 Å². The summed E-state index contributed by atoms with van der Waals surface area (Å²) in [4.78, 5) is 0. The molecular weight excluding hydrogens is 232 g/mol. The first kappa shape index (κ1) is 18.5. The molecule has 0 bridgehead atoms. The van der Waals surface area contributed by atoms with Crippen molar-refractivity contribution < 1.29 is 5.11 Å². The van der Waals surface area contributed by atoms with Gasteiger partial charge in [0, 0.05) is 0 Å². The van der Waals surface area contributed by atoms with Crippen LogP contribution in [0.3, 0.4) is 0 Å². The molecule has 0 heterocycles. The van der Waals surface area contributed by atoms with E-state index in [0.717, 1.165) is 6.42 Å². The van der Waals surface area contributed by atoms with Gasteiger partial charge in [0.2, 0.25) is 0 Å². The van der Waals surface area contributed by atoms with Crippen LogP contribution in [0.5, 0.6) is 0 Å². The second-order valence-corrected chi connectivity index (χ2v) is 5.72. The average Bonchev–Trinajstić information content (AvgIpc) is 2.43. The minimum atomic E-state index is 0.981. The molecule has 113 valence electrons. The Bertz CT molecular complexity index is 175. The molecule has 0 saturated carbocycles. The quantitative estimate of drug-likeness (QED) is 0.257. The van der Waals surface area contributed by atoms with E-state index >= 15 is 0 Å². The lowest BCUT2D eigenvalue weighted by atomic mass is 10.0. The highest BCUT2D eigenvalue weighted by atomic mass is 16.2. The van der Waals surface area contributed by atoms with Crippen LogP contribution in [-0.4, -0.2) is 5.11 Å². The van der Waals surface area contributed by atoms with E-state index in [1.807, 2.05) is 0 Å². The molecule has 1 nitrogen and oxygen atoms in total. The standard InChI is InChI=1S/C18H35O/c1-2-3-4-5-6-7-8-9-10-11-12-13-14-15-16-17-18-19/h17,19H,2-16H2,1H3. The van der Waals surface area contributed by atoms with Crippen LogP contribution in [0.1, 0.15) is 103 Å². The monoisotopic (exact) mass is 267 g/mol. The van der Waals surface area contributed by atoms with Crippen molar-refractivity contribution in [3.05, 3.63) is 12.3 Å². The van der Waals surface area contributed by atoms with Crippen molar-refractivity contribution in [2.45, 2.75) is 103 Å². The van der Waals surface area contributed by atoms with Crippen molar-refractivity contribution in [2.75, 3.05) is 0 Å². The Hall–Kier alpha value is -0.460. The van der Waals surface area contributed by atoms with Crippen molar-refractivity contribution in [1.82, 2.24) is 0 Å². The van der Waals surface area contributed by atoms with Gasteiger partial charge >= 0.3 is 0 Å². The molecule has 19 heavy (non-hydrogen) atoms. The summed E-state index contributed by atoms with van der Waals surface area (Å²) in [5, 5.41) is 8.36. The zero-order valence-electron chi connectivity index (χ0n) is 13.1. The number of allylic oxidation sites excluding steroid dienone is 1. The summed E-state index contributed by atoms with van der Waals surface area (Å²) in [7, 11) is 0. The van der Waals surface area contributed by atoms with Crippen LogP contribution in [0.15, 0.2) is 6.08 Å². The minimum Gasteiger partial charge on any atom is -0.504 e. The van der Waals surface area contributed by atoms with E-state index in [9.17, 15) is 0 Å². The molecule has 0 rings (SSSR count). The Morgan fingerprint density at radius 3 is 1.37 bits per heavy atom. The topological polar surface area (TPSA) is 20.2 Å². The van der Waals surface area contributed by atoms with E-state index in [-0.39, 0.29) is 0 Å². The van der Waals surface area contributed by atoms with Gasteiger partial charge in [0.05, 0.1) is 0 Å². The van der Waals surface area contributed by atoms with E-state index in [1.165, 1.54) is 89.9 Å². The van der Waals surface area contributed by atoms with Crippen LogP contribution in [-0.2, 0) is 0 Å². The molecule has 0 aliphatic carbocycles. The number of rotatable bonds is 15. The number of aliphatic hydroxyl groups is 1. The third-order valence-electron chi connectivity index (χ3n) is 3.79. The molecule has 0 atom stereocenters. The van der Waals surface area contributed by atoms with Gasteiger partial charge in [-0.05, 0) is 18.9 Å². The molecule has 0 saturated heterocycles. The molecule has 0 aliphatic heterocycles. The first-order chi connectivity index (χ1) is 9.41. The number of hydrogen-bond acceptors (Lipinski definition) is 1. The van der Waals surface area contributed by atoms with E-state index in [2.05, 4.69) is 13.2 Å². The maximum Gasteiger partial charge on any atom is 0.152 e. The molecule has 0 aromatic heterocycles. The maximum atomic E-state index is 8.36. The Morgan fingerprint density at radius 1 is 0.632 bits per heavy atom. The van der Waals surface area contributed by atoms with E-state index in [0.29, 0.717) is 0 Å². The molecule has 0 fully saturated rings. The largest absolute Gasteiger partial charge is 0.504 e. The summed E-state index contributed by atoms with van der Waals surface area (Å²) in [5.41, 5.74) is 0. The number of hydrogen-bond donors (Lipinski definition) is 1. The molecule has 1 radical (unpaired) electrons. The van der Waals surface area contributed by atoms with Gasteiger partial charge in [-0.15, -0.1) is 0 Å². The third-order valence-corrected chi connectivity index (χ3v) is 3.79. The molecular formula is C18H35O. The summed E-state index contributed by atoms with van der Waals surface area (Å²) in [6.45, 7) is 2.28. The molecule has 1 heteroatoms. The Balaban J connectivity index is 2.91. The first-order valence-electron chi connectivity index (χ1n) is 8.63. The van der Waals surface area contributed by atoms with E-state index < -0.39 is 0 Å². The van der Waals surface area contributed by atoms with Crippen molar-refractivity contribution >= 4 is 0 Å². The van der Waals surface area contributed by atoms with Crippen LogP contribution in [0.4, 0.5) is 0 Å². The van der Waals surface area contributed by atoms with E-state index in [1.54, 1.807) is 6.08 Å². The normalized spacial score (nSPS) is 11.4. The van der Waals surface area contributed by atoms with Gasteiger partial charge in [-0.25, -0.2) is 0 Å². The second-order valence-electron chi connectivity index (χ2n) is 5.72. The predicted octanol–water partition coefficient (Wildman–Crippen LogP) is 6.73. The summed E-state index contributed by atoms with van der Waals surface area (Å²) >= 11 is 0. The van der Waals surface area contributed by atoms with Crippen molar-refractivity contribution in [3.63, 3.8) is 0 Å². The fourth-order valence-corrected chi connectivity index (χ4v) is 2.51. The lowest BCUT2D eigenvalue weighted by Crippen LogP contribution is -1.83. The summed E-state index contributed by atoms with van der Waals surface area (Å²) < 4.78 is 0. The number of aliphatic hydroxyl groups excluding tert-OH is 1. The summed E-state index contributed by atoms with van der Waals surface area (Å²) in [5.74, 6) is 0. The lowest BCUT2D eigenvalue weighted by Gasteiger charge is -2.02. The summed E-state index contributed by atoms with van der Waals surface area (Å²) in [6, 6.07) is 0. The minimum absolute atomic E-state index is 0.981. The predicted molar refractivity (Wildman–Crippen MR) is 85.4 cm³/mol. The zero-order chi connectivity index (χ0) is 14.0. The lowest BCUT2D eigenvalue weighted by molar-refractivity contribution is 0.438. The van der Waals surface area contributed by atoms with Crippen LogP contribution in [0.2, 0.25) is 0 Å². The fourth-order valence-electron chi connectivity index (χ4n) is 2.51. The van der Waals surface area contributed by atoms with Crippen molar-refractivity contribution in [1.29, 1.82) is 0 Å². The zero-order valence-corrected chi connectivity index (χ0v) is 13.1. The van der Waals surface area contributed by atoms with Crippen LogP contribution < -0.4 is 0 Å². The fraction of sp³-hybridized carbons (Fsp3) is 0.889. The SMILES string of the molecule is CCCCCCCCCCCCCCCC/C=[C]/O. The highest BCUT2D eigenvalue weighted by Gasteiger charge is 1.93. The molecule has 0 amide bonds. The van der Waals surface area contributed by atoms with Gasteiger partial charge in [0.1, 0.15) is 0 Å². The Kier molecular flexibility index (Phi) is 17.1. The van der Waals surface area contributed by atoms with Crippen LogP contribution >= 0.6 is 0 Å². The van der Waals surface area contributed by atoms with Gasteiger partial charge in [0.25, 0.3) is 0 Å². The first-order valence-corrected chi connectivity index (χ1v) is 8.63. The van der Waals surface area contributed by atoms with E-state index in [4.69, 9.17) is 5.11 Å². The Morgan fingerprint density at radius 2 is 1.00 bits per heavy atom. The van der Waals surface area contributed by atoms with Gasteiger partial charge in [-0.3, -0.25) is 0 Å². The van der Waals surface area contributed by atoms with Crippen LogP contribution in [0, 0.1) is 6.26 Å².